The Kier molecular flexibility index (Phi) is 2.31. The van der Waals surface area contributed by atoms with E-state index in [0.717, 1.165) is 0 Å². The molecule has 4 rings (SSSR count). The van der Waals surface area contributed by atoms with E-state index in [-0.39, 0.29) is 0 Å². The zero-order chi connectivity index (χ0) is 11.2. The lowest BCUT2D eigenvalue weighted by molar-refractivity contribution is 0.634. The Labute approximate surface area is 104 Å². The van der Waals surface area contributed by atoms with E-state index in [0.29, 0.717) is 0 Å². The summed E-state index contributed by atoms with van der Waals surface area (Å²) in [5, 5.41) is 0. The zero-order valence-electron chi connectivity index (χ0n) is 10.8. The van der Waals surface area contributed by atoms with Gasteiger partial charge in [0.2, 0.25) is 0 Å². The number of hydrogen-bond donors (Lipinski definition) is 0. The summed E-state index contributed by atoms with van der Waals surface area (Å²) in [6, 6.07) is 0. The SMILES string of the molecule is C1CCc2c(c3c(c4c2CCC4)CCCC3)C1. The van der Waals surface area contributed by atoms with Gasteiger partial charge in [-0.2, -0.15) is 0 Å². The van der Waals surface area contributed by atoms with Crippen molar-refractivity contribution in [3.8, 4) is 0 Å². The first-order valence-corrected chi connectivity index (χ1v) is 7.62. The standard InChI is InChI=1S/C17H22/c1-3-8-14-12(6-1)13-7-2-4-9-15(13)17-11-5-10-16(14)17/h1-11H2. The summed E-state index contributed by atoms with van der Waals surface area (Å²) in [7, 11) is 0. The Morgan fingerprint density at radius 3 is 0.824 bits per heavy atom. The van der Waals surface area contributed by atoms with Gasteiger partial charge in [-0.3, -0.25) is 0 Å². The molecule has 0 unspecified atom stereocenters. The normalized spacial score (nSPS) is 21.9. The molecule has 0 saturated carbocycles. The van der Waals surface area contributed by atoms with Gasteiger partial charge in [0.25, 0.3) is 0 Å². The third-order valence-corrected chi connectivity index (χ3v) is 5.25. The highest BCUT2D eigenvalue weighted by atomic mass is 14.3. The van der Waals surface area contributed by atoms with Gasteiger partial charge in [0.15, 0.2) is 0 Å². The quantitative estimate of drug-likeness (QED) is 0.628. The van der Waals surface area contributed by atoms with Gasteiger partial charge in [0, 0.05) is 0 Å². The third kappa shape index (κ3) is 1.42. The molecule has 0 heteroatoms. The highest BCUT2D eigenvalue weighted by Gasteiger charge is 2.28. The Morgan fingerprint density at radius 1 is 0.294 bits per heavy atom. The molecule has 0 fully saturated rings. The lowest BCUT2D eigenvalue weighted by Crippen LogP contribution is -2.16. The van der Waals surface area contributed by atoms with Crippen molar-refractivity contribution in [2.45, 2.75) is 70.6 Å². The van der Waals surface area contributed by atoms with Crippen molar-refractivity contribution in [3.05, 3.63) is 33.4 Å². The van der Waals surface area contributed by atoms with Gasteiger partial charge < -0.3 is 0 Å². The highest BCUT2D eigenvalue weighted by molar-refractivity contribution is 5.55. The molecule has 0 N–H and O–H groups in total. The minimum absolute atomic E-state index is 1.39. The Bertz CT molecular complexity index is 425. The smallest absolute Gasteiger partial charge is 0.0270 e. The number of benzene rings is 1. The van der Waals surface area contributed by atoms with Gasteiger partial charge >= 0.3 is 0 Å². The van der Waals surface area contributed by atoms with Gasteiger partial charge in [-0.25, -0.2) is 0 Å². The molecule has 0 amide bonds. The molecule has 3 aliphatic carbocycles. The lowest BCUT2D eigenvalue weighted by Gasteiger charge is -2.29. The number of hydrogen-bond acceptors (Lipinski definition) is 0. The maximum Gasteiger partial charge on any atom is -0.0270 e. The van der Waals surface area contributed by atoms with E-state index >= 15 is 0 Å². The first kappa shape index (κ1) is 10.2. The van der Waals surface area contributed by atoms with E-state index in [1.807, 2.05) is 33.4 Å². The largest absolute Gasteiger partial charge is 0.0489 e. The van der Waals surface area contributed by atoms with Gasteiger partial charge in [-0.1, -0.05) is 0 Å². The van der Waals surface area contributed by atoms with Crippen molar-refractivity contribution in [2.24, 2.45) is 0 Å². The van der Waals surface area contributed by atoms with Crippen LogP contribution in [0.15, 0.2) is 0 Å². The molecule has 0 heterocycles. The van der Waals surface area contributed by atoms with Crippen molar-refractivity contribution in [1.29, 1.82) is 0 Å². The van der Waals surface area contributed by atoms with Crippen LogP contribution >= 0.6 is 0 Å². The van der Waals surface area contributed by atoms with Crippen LogP contribution in [0.1, 0.15) is 65.5 Å². The maximum absolute atomic E-state index is 1.83. The fourth-order valence-corrected chi connectivity index (χ4v) is 4.55. The average molecular weight is 226 g/mol. The molecule has 90 valence electrons. The van der Waals surface area contributed by atoms with Crippen molar-refractivity contribution in [3.63, 3.8) is 0 Å². The Hall–Kier alpha value is -0.780. The van der Waals surface area contributed by atoms with Crippen molar-refractivity contribution in [2.75, 3.05) is 0 Å². The van der Waals surface area contributed by atoms with Gasteiger partial charge in [0.05, 0.1) is 0 Å². The molecule has 0 bridgehead atoms. The molecule has 0 saturated heterocycles. The second-order valence-corrected chi connectivity index (χ2v) is 6.14. The van der Waals surface area contributed by atoms with Crippen molar-refractivity contribution < 1.29 is 0 Å². The summed E-state index contributed by atoms with van der Waals surface area (Å²) in [6.07, 6.45) is 15.6. The molecule has 0 spiro atoms. The first-order chi connectivity index (χ1) is 8.45. The minimum atomic E-state index is 1.39. The monoisotopic (exact) mass is 226 g/mol. The number of rotatable bonds is 0. The molecule has 0 aromatic heterocycles. The molecule has 0 radical (unpaired) electrons. The second-order valence-electron chi connectivity index (χ2n) is 6.14. The second kappa shape index (κ2) is 3.86. The van der Waals surface area contributed by atoms with Crippen LogP contribution in [-0.4, -0.2) is 0 Å². The zero-order valence-corrected chi connectivity index (χ0v) is 10.8. The van der Waals surface area contributed by atoms with E-state index in [2.05, 4.69) is 0 Å². The van der Waals surface area contributed by atoms with E-state index in [1.165, 1.54) is 70.6 Å². The summed E-state index contributed by atoms with van der Waals surface area (Å²) in [4.78, 5) is 0. The van der Waals surface area contributed by atoms with Crippen LogP contribution < -0.4 is 0 Å². The van der Waals surface area contributed by atoms with Crippen LogP contribution in [-0.2, 0) is 38.5 Å². The van der Waals surface area contributed by atoms with Crippen LogP contribution in [0.25, 0.3) is 0 Å². The van der Waals surface area contributed by atoms with Gasteiger partial charge in [-0.05, 0) is 104 Å². The summed E-state index contributed by atoms with van der Waals surface area (Å²) in [6.45, 7) is 0. The Balaban J connectivity index is 2.00. The maximum atomic E-state index is 1.83. The summed E-state index contributed by atoms with van der Waals surface area (Å²) in [5.41, 5.74) is 10.9. The summed E-state index contributed by atoms with van der Waals surface area (Å²) < 4.78 is 0. The summed E-state index contributed by atoms with van der Waals surface area (Å²) in [5.74, 6) is 0. The first-order valence-electron chi connectivity index (χ1n) is 7.62. The third-order valence-electron chi connectivity index (χ3n) is 5.25. The average Bonchev–Trinajstić information content (AvgIpc) is 2.89. The van der Waals surface area contributed by atoms with E-state index in [1.54, 1.807) is 0 Å². The predicted octanol–water partition coefficient (Wildman–Crippen LogP) is 3.93. The fourth-order valence-electron chi connectivity index (χ4n) is 4.55. The van der Waals surface area contributed by atoms with Gasteiger partial charge in [0.1, 0.15) is 0 Å². The fraction of sp³-hybridized carbons (Fsp3) is 0.647. The molecule has 1 aromatic carbocycles. The lowest BCUT2D eigenvalue weighted by atomic mass is 9.76. The molecule has 0 atom stereocenters. The molecular formula is C17H22. The molecule has 17 heavy (non-hydrogen) atoms. The topological polar surface area (TPSA) is 0 Å². The summed E-state index contributed by atoms with van der Waals surface area (Å²) >= 11 is 0. The molecule has 0 aliphatic heterocycles. The van der Waals surface area contributed by atoms with Crippen molar-refractivity contribution in [1.82, 2.24) is 0 Å². The molecular weight excluding hydrogens is 204 g/mol. The van der Waals surface area contributed by atoms with Gasteiger partial charge in [-0.15, -0.1) is 0 Å². The van der Waals surface area contributed by atoms with E-state index in [4.69, 9.17) is 0 Å². The molecule has 1 aromatic rings. The van der Waals surface area contributed by atoms with Crippen LogP contribution in [0.2, 0.25) is 0 Å². The highest BCUT2D eigenvalue weighted by Crippen LogP contribution is 2.40. The van der Waals surface area contributed by atoms with E-state index in [9.17, 15) is 0 Å². The predicted molar refractivity (Wildman–Crippen MR) is 71.8 cm³/mol. The van der Waals surface area contributed by atoms with Crippen LogP contribution in [0.3, 0.4) is 0 Å². The Morgan fingerprint density at radius 2 is 0.529 bits per heavy atom. The van der Waals surface area contributed by atoms with Crippen LogP contribution in [0.4, 0.5) is 0 Å². The molecule has 0 nitrogen and oxygen atoms in total. The van der Waals surface area contributed by atoms with Crippen LogP contribution in [0, 0.1) is 0 Å². The van der Waals surface area contributed by atoms with Crippen molar-refractivity contribution >= 4 is 0 Å². The van der Waals surface area contributed by atoms with Crippen LogP contribution in [0.5, 0.6) is 0 Å². The number of fused-ring (bicyclic) bond motifs is 6. The molecule has 3 aliphatic rings. The van der Waals surface area contributed by atoms with E-state index < -0.39 is 0 Å². The minimum Gasteiger partial charge on any atom is -0.0489 e.